The second-order valence-electron chi connectivity index (χ2n) is 9.48. The fourth-order valence-corrected chi connectivity index (χ4v) is 5.25. The van der Waals surface area contributed by atoms with Crippen molar-refractivity contribution in [3.63, 3.8) is 0 Å². The van der Waals surface area contributed by atoms with Gasteiger partial charge in [0.05, 0.1) is 28.4 Å². The Bertz CT molecular complexity index is 2090. The second kappa shape index (κ2) is 10.8. The fraction of sp³-hybridized carbons (Fsp3) is 0. The van der Waals surface area contributed by atoms with Gasteiger partial charge in [-0.15, -0.1) is 23.8 Å². The number of para-hydroxylation sites is 2. The van der Waals surface area contributed by atoms with E-state index in [9.17, 15) is 10.4 Å². The number of nitriles is 1. The summed E-state index contributed by atoms with van der Waals surface area (Å²) in [7, 11) is 0. The maximum Gasteiger partial charge on any atom is 0.148 e. The predicted octanol–water partition coefficient (Wildman–Crippen LogP) is 7.95. The van der Waals surface area contributed by atoms with E-state index in [1.54, 1.807) is 24.4 Å². The van der Waals surface area contributed by atoms with Crippen molar-refractivity contribution in [2.45, 2.75) is 0 Å². The Labute approximate surface area is 251 Å². The van der Waals surface area contributed by atoms with Gasteiger partial charge in [0.2, 0.25) is 0 Å². The van der Waals surface area contributed by atoms with Crippen LogP contribution in [0.1, 0.15) is 5.56 Å². The molecule has 0 fully saturated rings. The van der Waals surface area contributed by atoms with E-state index in [1.807, 2.05) is 72.8 Å². The van der Waals surface area contributed by atoms with Gasteiger partial charge in [0, 0.05) is 38.3 Å². The van der Waals surface area contributed by atoms with Gasteiger partial charge < -0.3 is 5.11 Å². The SMILES string of the molecule is N#Cc1cc(-c2ccccn2)[c-]c(-c2cccc3c2nc(-c2ccccc2O)n3-c2cccc3ccccc23)c1.[Pt]. The summed E-state index contributed by atoms with van der Waals surface area (Å²) >= 11 is 0. The van der Waals surface area contributed by atoms with Crippen LogP contribution in [0.4, 0.5) is 0 Å². The largest absolute Gasteiger partial charge is 0.507 e. The standard InChI is InChI=1S/C35H21N4O.Pt/c36-22-23-19-25(21-26(20-23)30-14-5-6-18-37-30)28-13-8-16-32-34(28)38-35(29-12-3-4-17-33(29)40)39(32)31-15-7-10-24-9-1-2-11-27(24)31;/h1-20,40H;/q-1;. The van der Waals surface area contributed by atoms with Gasteiger partial charge in [0.25, 0.3) is 0 Å². The molecule has 5 nitrogen and oxygen atoms in total. The third kappa shape index (κ3) is 4.59. The first-order valence-corrected chi connectivity index (χ1v) is 12.9. The van der Waals surface area contributed by atoms with Crippen molar-refractivity contribution in [2.24, 2.45) is 0 Å². The normalized spacial score (nSPS) is 10.8. The van der Waals surface area contributed by atoms with E-state index in [0.717, 1.165) is 49.9 Å². The Morgan fingerprint density at radius 3 is 2.32 bits per heavy atom. The molecule has 0 aliphatic rings. The van der Waals surface area contributed by atoms with Gasteiger partial charge >= 0.3 is 0 Å². The number of fused-ring (bicyclic) bond motifs is 2. The Hall–Kier alpha value is -5.04. The van der Waals surface area contributed by atoms with Crippen LogP contribution in [-0.2, 0) is 21.1 Å². The summed E-state index contributed by atoms with van der Waals surface area (Å²) in [6, 6.07) is 42.8. The first-order chi connectivity index (χ1) is 19.7. The number of benzene rings is 5. The third-order valence-electron chi connectivity index (χ3n) is 7.07. The number of aromatic hydroxyl groups is 1. The molecule has 0 atom stereocenters. The molecule has 5 aromatic carbocycles. The van der Waals surface area contributed by atoms with Crippen molar-refractivity contribution in [3.8, 4) is 51.3 Å². The predicted molar refractivity (Wildman–Crippen MR) is 158 cm³/mol. The van der Waals surface area contributed by atoms with Gasteiger partial charge in [-0.2, -0.15) is 5.26 Å². The molecule has 0 aliphatic heterocycles. The average molecular weight is 709 g/mol. The maximum absolute atomic E-state index is 10.9. The Balaban J connectivity index is 0.00000302. The van der Waals surface area contributed by atoms with Crippen molar-refractivity contribution in [1.29, 1.82) is 5.26 Å². The van der Waals surface area contributed by atoms with Crippen molar-refractivity contribution in [2.75, 3.05) is 0 Å². The van der Waals surface area contributed by atoms with E-state index in [2.05, 4.69) is 46.0 Å². The van der Waals surface area contributed by atoms with Crippen LogP contribution in [-0.4, -0.2) is 19.6 Å². The molecule has 0 saturated heterocycles. The zero-order chi connectivity index (χ0) is 27.1. The smallest absolute Gasteiger partial charge is 0.148 e. The minimum atomic E-state index is 0. The van der Waals surface area contributed by atoms with E-state index in [-0.39, 0.29) is 26.8 Å². The summed E-state index contributed by atoms with van der Waals surface area (Å²) in [4.78, 5) is 9.62. The number of phenols is 1. The van der Waals surface area contributed by atoms with Gasteiger partial charge in [0.15, 0.2) is 0 Å². The third-order valence-corrected chi connectivity index (χ3v) is 7.07. The van der Waals surface area contributed by atoms with Crippen LogP contribution in [0.5, 0.6) is 5.75 Å². The molecule has 198 valence electrons. The summed E-state index contributed by atoms with van der Waals surface area (Å²) < 4.78 is 2.10. The first-order valence-electron chi connectivity index (χ1n) is 12.9. The maximum atomic E-state index is 10.9. The van der Waals surface area contributed by atoms with Crippen molar-refractivity contribution in [3.05, 3.63) is 133 Å². The molecule has 0 aliphatic carbocycles. The quantitative estimate of drug-likeness (QED) is 0.189. The molecule has 2 aromatic heterocycles. The van der Waals surface area contributed by atoms with Crippen LogP contribution in [0.3, 0.4) is 0 Å². The monoisotopic (exact) mass is 708 g/mol. The van der Waals surface area contributed by atoms with E-state index in [4.69, 9.17) is 4.98 Å². The van der Waals surface area contributed by atoms with E-state index >= 15 is 0 Å². The van der Waals surface area contributed by atoms with E-state index in [0.29, 0.717) is 17.0 Å². The summed E-state index contributed by atoms with van der Waals surface area (Å²) in [6.07, 6.45) is 1.73. The van der Waals surface area contributed by atoms with E-state index < -0.39 is 0 Å². The summed E-state index contributed by atoms with van der Waals surface area (Å²) in [5, 5.41) is 22.9. The fourth-order valence-electron chi connectivity index (χ4n) is 5.25. The van der Waals surface area contributed by atoms with Crippen molar-refractivity contribution >= 4 is 21.8 Å². The molecule has 1 N–H and O–H groups in total. The molecule has 0 amide bonds. The summed E-state index contributed by atoms with van der Waals surface area (Å²) in [6.45, 7) is 0. The molecule has 7 rings (SSSR count). The van der Waals surface area contributed by atoms with Crippen LogP contribution in [0.15, 0.2) is 121 Å². The Morgan fingerprint density at radius 1 is 0.756 bits per heavy atom. The zero-order valence-corrected chi connectivity index (χ0v) is 23.9. The molecule has 0 spiro atoms. The molecule has 2 heterocycles. The topological polar surface area (TPSA) is 74.7 Å². The van der Waals surface area contributed by atoms with Gasteiger partial charge in [0.1, 0.15) is 11.6 Å². The molecular formula is C35H21N4OPt-. The van der Waals surface area contributed by atoms with Crippen LogP contribution < -0.4 is 0 Å². The minimum absolute atomic E-state index is 0. The number of hydrogen-bond donors (Lipinski definition) is 1. The van der Waals surface area contributed by atoms with Crippen LogP contribution in [0, 0.1) is 17.4 Å². The number of nitrogens with zero attached hydrogens (tertiary/aromatic N) is 4. The molecule has 6 heteroatoms. The minimum Gasteiger partial charge on any atom is -0.507 e. The Morgan fingerprint density at radius 2 is 1.49 bits per heavy atom. The van der Waals surface area contributed by atoms with Crippen LogP contribution in [0.25, 0.3) is 61.3 Å². The summed E-state index contributed by atoms with van der Waals surface area (Å²) in [5.74, 6) is 0.773. The molecule has 0 bridgehead atoms. The van der Waals surface area contributed by atoms with E-state index in [1.165, 1.54) is 0 Å². The number of imidazole rings is 1. The van der Waals surface area contributed by atoms with Gasteiger partial charge in [-0.3, -0.25) is 9.55 Å². The number of rotatable bonds is 4. The van der Waals surface area contributed by atoms with Gasteiger partial charge in [-0.25, -0.2) is 4.98 Å². The van der Waals surface area contributed by atoms with Crippen LogP contribution >= 0.6 is 0 Å². The molecule has 0 radical (unpaired) electrons. The van der Waals surface area contributed by atoms with Gasteiger partial charge in [-0.05, 0) is 41.3 Å². The first kappa shape index (κ1) is 26.2. The zero-order valence-electron chi connectivity index (χ0n) is 21.6. The van der Waals surface area contributed by atoms with Crippen molar-refractivity contribution < 1.29 is 26.2 Å². The average Bonchev–Trinajstić information content (AvgIpc) is 3.40. The molecule has 41 heavy (non-hydrogen) atoms. The molecule has 0 saturated carbocycles. The van der Waals surface area contributed by atoms with Crippen LogP contribution in [0.2, 0.25) is 0 Å². The summed E-state index contributed by atoms with van der Waals surface area (Å²) in [5.41, 5.74) is 6.78. The number of aromatic nitrogens is 3. The number of phenolic OH excluding ortho intramolecular Hbond substituents is 1. The molecule has 0 unspecified atom stereocenters. The number of hydrogen-bond acceptors (Lipinski definition) is 4. The second-order valence-corrected chi connectivity index (χ2v) is 9.48. The molecular weight excluding hydrogens is 687 g/mol. The number of pyridine rings is 1. The van der Waals surface area contributed by atoms with Crippen molar-refractivity contribution in [1.82, 2.24) is 14.5 Å². The molecule has 7 aromatic rings. The Kier molecular flexibility index (Phi) is 6.93. The van der Waals surface area contributed by atoms with Gasteiger partial charge in [-0.1, -0.05) is 83.9 Å².